The van der Waals surface area contributed by atoms with Crippen molar-refractivity contribution < 1.29 is 14.3 Å². The Morgan fingerprint density at radius 3 is 2.72 bits per heavy atom. The quantitative estimate of drug-likeness (QED) is 0.756. The fourth-order valence-electron chi connectivity index (χ4n) is 2.32. The van der Waals surface area contributed by atoms with Crippen molar-refractivity contribution in [3.05, 3.63) is 0 Å². The van der Waals surface area contributed by atoms with Crippen molar-refractivity contribution in [2.24, 2.45) is 5.92 Å². The summed E-state index contributed by atoms with van der Waals surface area (Å²) in [6, 6.07) is -0.234. The molecule has 0 bridgehead atoms. The van der Waals surface area contributed by atoms with Gasteiger partial charge in [-0.3, -0.25) is 14.9 Å². The Morgan fingerprint density at radius 2 is 2.17 bits per heavy atom. The molecule has 102 valence electrons. The molecule has 1 atom stereocenters. The van der Waals surface area contributed by atoms with Gasteiger partial charge in [0.1, 0.15) is 10.9 Å². The van der Waals surface area contributed by atoms with Gasteiger partial charge in [0.15, 0.2) is 0 Å². The number of methoxy groups -OCH3 is 1. The zero-order valence-electron chi connectivity index (χ0n) is 11.1. The van der Waals surface area contributed by atoms with Gasteiger partial charge in [0.25, 0.3) is 0 Å². The maximum atomic E-state index is 11.8. The third kappa shape index (κ3) is 2.64. The highest BCUT2D eigenvalue weighted by molar-refractivity contribution is 8.01. The van der Waals surface area contributed by atoms with E-state index < -0.39 is 0 Å². The van der Waals surface area contributed by atoms with E-state index in [2.05, 4.69) is 5.32 Å². The van der Waals surface area contributed by atoms with E-state index in [9.17, 15) is 9.59 Å². The van der Waals surface area contributed by atoms with Crippen LogP contribution in [0.25, 0.3) is 0 Å². The molecule has 0 aromatic rings. The van der Waals surface area contributed by atoms with E-state index in [4.69, 9.17) is 4.74 Å². The molecular weight excluding hydrogens is 252 g/mol. The van der Waals surface area contributed by atoms with Gasteiger partial charge in [0.05, 0.1) is 20.2 Å². The molecular formula is C12H20N2O3S. The summed E-state index contributed by atoms with van der Waals surface area (Å²) in [5.74, 6) is 1.10. The van der Waals surface area contributed by atoms with Gasteiger partial charge in [0.2, 0.25) is 5.91 Å². The molecule has 0 radical (unpaired) electrons. The van der Waals surface area contributed by atoms with Crippen LogP contribution in [0.2, 0.25) is 0 Å². The van der Waals surface area contributed by atoms with E-state index in [1.54, 1.807) is 11.8 Å². The summed E-state index contributed by atoms with van der Waals surface area (Å²) in [7, 11) is 1.40. The Labute approximate surface area is 112 Å². The van der Waals surface area contributed by atoms with E-state index in [-0.39, 0.29) is 22.8 Å². The third-order valence-electron chi connectivity index (χ3n) is 3.28. The molecule has 18 heavy (non-hydrogen) atoms. The molecule has 1 spiro atoms. The van der Waals surface area contributed by atoms with Gasteiger partial charge in [0, 0.05) is 12.2 Å². The second-order valence-corrected chi connectivity index (χ2v) is 6.78. The summed E-state index contributed by atoms with van der Waals surface area (Å²) in [6.45, 7) is 5.47. The minimum atomic E-state index is -0.234. The summed E-state index contributed by atoms with van der Waals surface area (Å²) in [6.07, 6.45) is 0.598. The van der Waals surface area contributed by atoms with Crippen molar-refractivity contribution in [1.29, 1.82) is 0 Å². The Hall–Kier alpha value is -0.750. The predicted octanol–water partition coefficient (Wildman–Crippen LogP) is 0.449. The van der Waals surface area contributed by atoms with Crippen LogP contribution in [-0.4, -0.2) is 53.6 Å². The van der Waals surface area contributed by atoms with Crippen LogP contribution in [-0.2, 0) is 14.3 Å². The predicted molar refractivity (Wildman–Crippen MR) is 70.2 cm³/mol. The second-order valence-electron chi connectivity index (χ2n) is 5.37. The number of nitrogens with zero attached hydrogens (tertiary/aromatic N) is 1. The maximum absolute atomic E-state index is 11.8. The highest BCUT2D eigenvalue weighted by Gasteiger charge is 2.51. The van der Waals surface area contributed by atoms with E-state index in [1.807, 2.05) is 18.7 Å². The second kappa shape index (κ2) is 5.09. The Morgan fingerprint density at radius 1 is 1.50 bits per heavy atom. The van der Waals surface area contributed by atoms with Gasteiger partial charge in [-0.05, 0) is 5.92 Å². The first-order valence-electron chi connectivity index (χ1n) is 6.23. The normalized spacial score (nSPS) is 25.3. The van der Waals surface area contributed by atoms with Crippen molar-refractivity contribution in [3.63, 3.8) is 0 Å². The van der Waals surface area contributed by atoms with E-state index >= 15 is 0 Å². The number of hydrogen-bond donors (Lipinski definition) is 1. The average molecular weight is 272 g/mol. The highest BCUT2D eigenvalue weighted by Crippen LogP contribution is 2.38. The first kappa shape index (κ1) is 13.7. The first-order chi connectivity index (χ1) is 8.46. The number of thioether (sulfide) groups is 1. The van der Waals surface area contributed by atoms with Gasteiger partial charge in [-0.1, -0.05) is 13.8 Å². The molecule has 2 rings (SSSR count). The maximum Gasteiger partial charge on any atom is 0.323 e. The van der Waals surface area contributed by atoms with E-state index in [0.29, 0.717) is 25.4 Å². The monoisotopic (exact) mass is 272 g/mol. The number of ether oxygens (including phenoxy) is 1. The molecule has 5 nitrogen and oxygen atoms in total. The van der Waals surface area contributed by atoms with Gasteiger partial charge in [-0.15, -0.1) is 11.8 Å². The molecule has 0 saturated carbocycles. The number of carbonyl (C=O) groups excluding carboxylic acids is 2. The van der Waals surface area contributed by atoms with Crippen LogP contribution in [0.1, 0.15) is 20.3 Å². The van der Waals surface area contributed by atoms with E-state index in [1.165, 1.54) is 7.11 Å². The lowest BCUT2D eigenvalue weighted by Crippen LogP contribution is -2.68. The minimum Gasteiger partial charge on any atom is -0.468 e. The summed E-state index contributed by atoms with van der Waals surface area (Å²) in [5.41, 5.74) is 0. The average Bonchev–Trinajstić information content (AvgIpc) is 2.69. The molecule has 0 aromatic heterocycles. The standard InChI is InChI=1S/C12H20N2O3S/c1-8(2)4-10(15)14-6-12(7-14)13-9(5-18-12)11(16)17-3/h8-9,13H,4-7H2,1-3H3/t9-/m0/s1. The number of amides is 1. The minimum absolute atomic E-state index is 0.120. The number of hydrogen-bond acceptors (Lipinski definition) is 5. The van der Waals surface area contributed by atoms with Crippen LogP contribution in [0.4, 0.5) is 0 Å². The number of esters is 1. The van der Waals surface area contributed by atoms with Gasteiger partial charge in [-0.25, -0.2) is 0 Å². The highest BCUT2D eigenvalue weighted by atomic mass is 32.2. The Kier molecular flexibility index (Phi) is 3.87. The molecule has 1 amide bonds. The lowest BCUT2D eigenvalue weighted by Gasteiger charge is -2.47. The molecule has 2 fully saturated rings. The number of rotatable bonds is 3. The van der Waals surface area contributed by atoms with Crippen LogP contribution >= 0.6 is 11.8 Å². The fourth-order valence-corrected chi connectivity index (χ4v) is 3.75. The fraction of sp³-hybridized carbons (Fsp3) is 0.833. The summed E-state index contributed by atoms with van der Waals surface area (Å²) < 4.78 is 4.73. The van der Waals surface area contributed by atoms with E-state index in [0.717, 1.165) is 5.75 Å². The molecule has 2 aliphatic heterocycles. The number of carbonyl (C=O) groups is 2. The SMILES string of the molecule is COC(=O)[C@@H]1CSC2(CN(C(=O)CC(C)C)C2)N1. The number of nitrogens with one attached hydrogen (secondary N) is 1. The third-order valence-corrected chi connectivity index (χ3v) is 4.71. The molecule has 2 aliphatic rings. The largest absolute Gasteiger partial charge is 0.468 e. The van der Waals surface area contributed by atoms with Gasteiger partial charge < -0.3 is 9.64 Å². The molecule has 0 aliphatic carbocycles. The van der Waals surface area contributed by atoms with Crippen LogP contribution in [0.15, 0.2) is 0 Å². The summed E-state index contributed by atoms with van der Waals surface area (Å²) >= 11 is 1.72. The van der Waals surface area contributed by atoms with Crippen molar-refractivity contribution >= 4 is 23.6 Å². The smallest absolute Gasteiger partial charge is 0.323 e. The van der Waals surface area contributed by atoms with Crippen LogP contribution in [0.5, 0.6) is 0 Å². The first-order valence-corrected chi connectivity index (χ1v) is 7.21. The molecule has 6 heteroatoms. The van der Waals surface area contributed by atoms with Crippen molar-refractivity contribution in [2.45, 2.75) is 31.2 Å². The van der Waals surface area contributed by atoms with Gasteiger partial charge in [-0.2, -0.15) is 0 Å². The zero-order chi connectivity index (χ0) is 13.3. The molecule has 2 saturated heterocycles. The van der Waals surface area contributed by atoms with Gasteiger partial charge >= 0.3 is 5.97 Å². The van der Waals surface area contributed by atoms with Crippen LogP contribution in [0.3, 0.4) is 0 Å². The van der Waals surface area contributed by atoms with Crippen molar-refractivity contribution in [3.8, 4) is 0 Å². The molecule has 0 aromatic carbocycles. The number of likely N-dealkylation sites (tertiary alicyclic amines) is 1. The van der Waals surface area contributed by atoms with Crippen molar-refractivity contribution in [1.82, 2.24) is 10.2 Å². The molecule has 1 N–H and O–H groups in total. The topological polar surface area (TPSA) is 58.6 Å². The Bertz CT molecular complexity index is 353. The lowest BCUT2D eigenvalue weighted by molar-refractivity contribution is -0.143. The van der Waals surface area contributed by atoms with Crippen LogP contribution < -0.4 is 5.32 Å². The molecule has 2 heterocycles. The summed E-state index contributed by atoms with van der Waals surface area (Å²) in [4.78, 5) is 25.0. The molecule has 0 unspecified atom stereocenters. The Balaban J connectivity index is 1.82. The van der Waals surface area contributed by atoms with Crippen LogP contribution in [0, 0.1) is 5.92 Å². The lowest BCUT2D eigenvalue weighted by atomic mass is 10.0. The van der Waals surface area contributed by atoms with Crippen molar-refractivity contribution in [2.75, 3.05) is 26.0 Å². The zero-order valence-corrected chi connectivity index (χ0v) is 11.9. The summed E-state index contributed by atoms with van der Waals surface area (Å²) in [5, 5.41) is 3.29.